The van der Waals surface area contributed by atoms with Crippen molar-refractivity contribution in [2.75, 3.05) is 12.3 Å². The molecule has 0 bridgehead atoms. The Balaban J connectivity index is 3.13. The van der Waals surface area contributed by atoms with Crippen LogP contribution in [0.4, 0.5) is 5.82 Å². The van der Waals surface area contributed by atoms with Gasteiger partial charge in [0.15, 0.2) is 5.82 Å². The molecule has 0 saturated carbocycles. The molecule has 5 heteroatoms. The molecular formula is C11H18BrN3O. The zero-order chi connectivity index (χ0) is 12.3. The van der Waals surface area contributed by atoms with Gasteiger partial charge in [0.1, 0.15) is 11.9 Å². The first-order valence-electron chi connectivity index (χ1n) is 5.41. The van der Waals surface area contributed by atoms with E-state index in [1.165, 1.54) is 0 Å². The van der Waals surface area contributed by atoms with Gasteiger partial charge in [0.25, 0.3) is 0 Å². The van der Waals surface area contributed by atoms with Gasteiger partial charge in [0.2, 0.25) is 0 Å². The number of hydrogen-bond acceptors (Lipinski definition) is 4. The highest BCUT2D eigenvalue weighted by Crippen LogP contribution is 2.28. The van der Waals surface area contributed by atoms with Crippen molar-refractivity contribution in [3.05, 3.63) is 16.0 Å². The Hall–Kier alpha value is -0.680. The van der Waals surface area contributed by atoms with Crippen LogP contribution in [-0.2, 0) is 4.74 Å². The van der Waals surface area contributed by atoms with Crippen LogP contribution in [0, 0.1) is 0 Å². The van der Waals surface area contributed by atoms with Crippen molar-refractivity contribution < 1.29 is 4.74 Å². The lowest BCUT2D eigenvalue weighted by Gasteiger charge is -2.15. The van der Waals surface area contributed by atoms with Crippen molar-refractivity contribution in [2.24, 2.45) is 0 Å². The van der Waals surface area contributed by atoms with Crippen LogP contribution in [0.1, 0.15) is 51.2 Å². The maximum Gasteiger partial charge on any atom is 0.159 e. The summed E-state index contributed by atoms with van der Waals surface area (Å²) in [7, 11) is 0. The number of nitrogens with two attached hydrogens (primary N) is 1. The number of nitrogens with zero attached hydrogens (tertiary/aromatic N) is 2. The van der Waals surface area contributed by atoms with Gasteiger partial charge in [-0.2, -0.15) is 0 Å². The van der Waals surface area contributed by atoms with Crippen molar-refractivity contribution >= 4 is 21.7 Å². The van der Waals surface area contributed by atoms with Crippen LogP contribution < -0.4 is 5.73 Å². The monoisotopic (exact) mass is 287 g/mol. The molecule has 0 aliphatic heterocycles. The van der Waals surface area contributed by atoms with Crippen molar-refractivity contribution in [2.45, 2.75) is 39.7 Å². The van der Waals surface area contributed by atoms with Gasteiger partial charge >= 0.3 is 0 Å². The Kier molecular flexibility index (Phi) is 4.68. The van der Waals surface area contributed by atoms with Gasteiger partial charge in [0.05, 0.1) is 10.2 Å². The number of anilines is 1. The molecule has 1 unspecified atom stereocenters. The molecule has 16 heavy (non-hydrogen) atoms. The van der Waals surface area contributed by atoms with E-state index in [0.717, 1.165) is 10.2 Å². The van der Waals surface area contributed by atoms with Crippen LogP contribution in [0.3, 0.4) is 0 Å². The average molecular weight is 288 g/mol. The van der Waals surface area contributed by atoms with Crippen LogP contribution in [0.15, 0.2) is 4.47 Å². The number of hydrogen-bond donors (Lipinski definition) is 1. The Morgan fingerprint density at radius 2 is 1.94 bits per heavy atom. The second kappa shape index (κ2) is 5.59. The molecule has 0 fully saturated rings. The van der Waals surface area contributed by atoms with Crippen LogP contribution >= 0.6 is 15.9 Å². The zero-order valence-corrected chi connectivity index (χ0v) is 11.7. The van der Waals surface area contributed by atoms with E-state index in [9.17, 15) is 0 Å². The third kappa shape index (κ3) is 2.92. The number of aromatic nitrogens is 2. The van der Waals surface area contributed by atoms with Gasteiger partial charge in [-0.1, -0.05) is 13.8 Å². The predicted molar refractivity (Wildman–Crippen MR) is 68.3 cm³/mol. The van der Waals surface area contributed by atoms with E-state index in [-0.39, 0.29) is 6.10 Å². The molecule has 1 atom stereocenters. The van der Waals surface area contributed by atoms with Gasteiger partial charge in [0, 0.05) is 6.61 Å². The fourth-order valence-corrected chi connectivity index (χ4v) is 2.03. The molecule has 1 heterocycles. The van der Waals surface area contributed by atoms with E-state index in [4.69, 9.17) is 10.5 Å². The van der Waals surface area contributed by atoms with Crippen molar-refractivity contribution in [3.8, 4) is 0 Å². The number of halogens is 1. The fraction of sp³-hybridized carbons (Fsp3) is 0.636. The number of nitrogen functional groups attached to an aromatic ring is 1. The third-order valence-electron chi connectivity index (χ3n) is 2.25. The van der Waals surface area contributed by atoms with E-state index >= 15 is 0 Å². The second-order valence-electron chi connectivity index (χ2n) is 3.92. The summed E-state index contributed by atoms with van der Waals surface area (Å²) >= 11 is 3.41. The fourth-order valence-electron chi connectivity index (χ4n) is 1.39. The van der Waals surface area contributed by atoms with Gasteiger partial charge in [-0.25, -0.2) is 9.97 Å². The molecule has 2 N–H and O–H groups in total. The highest BCUT2D eigenvalue weighted by atomic mass is 79.9. The second-order valence-corrected chi connectivity index (χ2v) is 4.71. The SMILES string of the molecule is CCOC(C)c1nc(N)c(Br)c(C(C)C)n1. The Bertz CT molecular complexity index is 368. The van der Waals surface area contributed by atoms with Gasteiger partial charge in [-0.05, 0) is 35.7 Å². The Morgan fingerprint density at radius 3 is 2.44 bits per heavy atom. The molecule has 1 aromatic rings. The van der Waals surface area contributed by atoms with E-state index in [1.807, 2.05) is 13.8 Å². The summed E-state index contributed by atoms with van der Waals surface area (Å²) < 4.78 is 6.25. The highest BCUT2D eigenvalue weighted by Gasteiger charge is 2.16. The minimum Gasteiger partial charge on any atom is -0.383 e. The molecule has 0 amide bonds. The van der Waals surface area contributed by atoms with Crippen LogP contribution in [0.25, 0.3) is 0 Å². The van der Waals surface area contributed by atoms with E-state index in [0.29, 0.717) is 24.2 Å². The average Bonchev–Trinajstić information content (AvgIpc) is 2.21. The summed E-state index contributed by atoms with van der Waals surface area (Å²) in [6, 6.07) is 0. The number of rotatable bonds is 4. The largest absolute Gasteiger partial charge is 0.383 e. The van der Waals surface area contributed by atoms with Crippen LogP contribution in [0.2, 0.25) is 0 Å². The van der Waals surface area contributed by atoms with Crippen molar-refractivity contribution in [1.82, 2.24) is 9.97 Å². The third-order valence-corrected chi connectivity index (χ3v) is 3.06. The molecule has 1 aromatic heterocycles. The Labute approximate surface area is 105 Å². The summed E-state index contributed by atoms with van der Waals surface area (Å²) in [5.74, 6) is 1.42. The molecule has 0 aliphatic carbocycles. The molecule has 0 radical (unpaired) electrons. The molecule has 1 rings (SSSR count). The summed E-state index contributed by atoms with van der Waals surface area (Å²) in [5, 5.41) is 0. The van der Waals surface area contributed by atoms with Gasteiger partial charge in [-0.15, -0.1) is 0 Å². The predicted octanol–water partition coefficient (Wildman–Crippen LogP) is 3.04. The molecule has 0 saturated heterocycles. The normalized spacial score (nSPS) is 13.1. The topological polar surface area (TPSA) is 61.0 Å². The molecule has 0 aliphatic rings. The van der Waals surface area contributed by atoms with Crippen LogP contribution in [-0.4, -0.2) is 16.6 Å². The summed E-state index contributed by atoms with van der Waals surface area (Å²) in [6.07, 6.45) is -0.127. The van der Waals surface area contributed by atoms with Crippen molar-refractivity contribution in [3.63, 3.8) is 0 Å². The van der Waals surface area contributed by atoms with E-state index < -0.39 is 0 Å². The molecular weight excluding hydrogens is 270 g/mol. The first-order valence-corrected chi connectivity index (χ1v) is 6.21. The Morgan fingerprint density at radius 1 is 1.31 bits per heavy atom. The maximum absolute atomic E-state index is 5.84. The molecule has 4 nitrogen and oxygen atoms in total. The molecule has 0 aromatic carbocycles. The van der Waals surface area contributed by atoms with E-state index in [2.05, 4.69) is 39.7 Å². The maximum atomic E-state index is 5.84. The molecule has 0 spiro atoms. The van der Waals surface area contributed by atoms with Gasteiger partial charge < -0.3 is 10.5 Å². The van der Waals surface area contributed by atoms with Gasteiger partial charge in [-0.3, -0.25) is 0 Å². The first kappa shape index (κ1) is 13.4. The quantitative estimate of drug-likeness (QED) is 0.925. The lowest BCUT2D eigenvalue weighted by Crippen LogP contribution is -2.11. The van der Waals surface area contributed by atoms with E-state index in [1.54, 1.807) is 0 Å². The summed E-state index contributed by atoms with van der Waals surface area (Å²) in [4.78, 5) is 8.72. The standard InChI is InChI=1S/C11H18BrN3O/c1-5-16-7(4)11-14-9(6(2)3)8(12)10(13)15-11/h6-7H,5H2,1-4H3,(H2,13,14,15). The minimum atomic E-state index is -0.127. The van der Waals surface area contributed by atoms with Crippen molar-refractivity contribution in [1.29, 1.82) is 0 Å². The molecule has 90 valence electrons. The lowest BCUT2D eigenvalue weighted by atomic mass is 10.1. The minimum absolute atomic E-state index is 0.127. The number of ether oxygens (including phenoxy) is 1. The first-order chi connectivity index (χ1) is 7.47. The van der Waals surface area contributed by atoms with Crippen LogP contribution in [0.5, 0.6) is 0 Å². The zero-order valence-electron chi connectivity index (χ0n) is 10.1. The lowest BCUT2D eigenvalue weighted by molar-refractivity contribution is 0.0699. The highest BCUT2D eigenvalue weighted by molar-refractivity contribution is 9.10. The smallest absolute Gasteiger partial charge is 0.159 e. The summed E-state index contributed by atoms with van der Waals surface area (Å²) in [6.45, 7) is 8.65. The summed E-state index contributed by atoms with van der Waals surface area (Å²) in [5.41, 5.74) is 6.76.